The van der Waals surface area contributed by atoms with Crippen LogP contribution in [-0.4, -0.2) is 22.6 Å². The highest BCUT2D eigenvalue weighted by Crippen LogP contribution is 2.29. The number of ether oxygens (including phenoxy) is 2. The highest BCUT2D eigenvalue weighted by molar-refractivity contribution is 9.10. The molecule has 23 heavy (non-hydrogen) atoms. The molecule has 124 valence electrons. The molecule has 0 aromatic heterocycles. The lowest BCUT2D eigenvalue weighted by Gasteiger charge is -2.17. The lowest BCUT2D eigenvalue weighted by Crippen LogP contribution is -2.27. The average molecular weight is 400 g/mol. The molecule has 2 rings (SSSR count). The third kappa shape index (κ3) is 4.25. The van der Waals surface area contributed by atoms with Crippen molar-refractivity contribution in [3.05, 3.63) is 52.5 Å². The molecule has 0 aliphatic heterocycles. The molecule has 0 aliphatic rings. The molecule has 0 bridgehead atoms. The summed E-state index contributed by atoms with van der Waals surface area (Å²) in [6, 6.07) is 11.7. The number of sulfonamides is 1. The Bertz CT molecular complexity index is 775. The summed E-state index contributed by atoms with van der Waals surface area (Å²) in [5.41, 5.74) is 0.860. The molecule has 0 unspecified atom stereocenters. The Morgan fingerprint density at radius 2 is 1.70 bits per heavy atom. The summed E-state index contributed by atoms with van der Waals surface area (Å²) >= 11 is 3.36. The van der Waals surface area contributed by atoms with Gasteiger partial charge >= 0.3 is 0 Å². The Labute approximate surface area is 144 Å². The molecular weight excluding hydrogens is 382 g/mol. The minimum absolute atomic E-state index is 0.0447. The van der Waals surface area contributed by atoms with Gasteiger partial charge in [0.25, 0.3) is 0 Å². The lowest BCUT2D eigenvalue weighted by atomic mass is 10.1. The smallest absolute Gasteiger partial charge is 0.244 e. The Kier molecular flexibility index (Phi) is 5.67. The van der Waals surface area contributed by atoms with Gasteiger partial charge in [0.2, 0.25) is 10.0 Å². The van der Waals surface area contributed by atoms with Gasteiger partial charge in [0.15, 0.2) is 0 Å². The predicted octanol–water partition coefficient (Wildman–Crippen LogP) is 3.51. The van der Waals surface area contributed by atoms with E-state index in [1.807, 2.05) is 24.3 Å². The highest BCUT2D eigenvalue weighted by Gasteiger charge is 2.23. The summed E-state index contributed by atoms with van der Waals surface area (Å²) in [5, 5.41) is 0. The normalized spacial score (nSPS) is 12.7. The summed E-state index contributed by atoms with van der Waals surface area (Å²) in [6.45, 7) is 1.79. The van der Waals surface area contributed by atoms with Gasteiger partial charge in [-0.15, -0.1) is 0 Å². The molecule has 2 aromatic carbocycles. The van der Waals surface area contributed by atoms with E-state index in [-0.39, 0.29) is 16.7 Å². The van der Waals surface area contributed by atoms with Crippen molar-refractivity contribution in [2.24, 2.45) is 0 Å². The summed E-state index contributed by atoms with van der Waals surface area (Å²) in [6.07, 6.45) is 0. The van der Waals surface area contributed by atoms with Crippen molar-refractivity contribution in [2.45, 2.75) is 17.9 Å². The maximum Gasteiger partial charge on any atom is 0.244 e. The Morgan fingerprint density at radius 1 is 1.04 bits per heavy atom. The maximum absolute atomic E-state index is 12.7. The minimum atomic E-state index is -3.76. The van der Waals surface area contributed by atoms with Crippen LogP contribution in [0.3, 0.4) is 0 Å². The van der Waals surface area contributed by atoms with E-state index in [2.05, 4.69) is 20.7 Å². The van der Waals surface area contributed by atoms with Gasteiger partial charge in [0.1, 0.15) is 16.4 Å². The first kappa shape index (κ1) is 17.8. The zero-order chi connectivity index (χ0) is 17.0. The summed E-state index contributed by atoms with van der Waals surface area (Å²) in [5.74, 6) is 0.712. The summed E-state index contributed by atoms with van der Waals surface area (Å²) in [7, 11) is -0.848. The number of rotatable bonds is 6. The van der Waals surface area contributed by atoms with Gasteiger partial charge < -0.3 is 9.47 Å². The molecular formula is C16H18BrNO4S. The molecule has 5 nitrogen and oxygen atoms in total. The number of halogens is 1. The largest absolute Gasteiger partial charge is 0.497 e. The van der Waals surface area contributed by atoms with E-state index in [1.165, 1.54) is 20.3 Å². The van der Waals surface area contributed by atoms with Gasteiger partial charge in [-0.2, -0.15) is 0 Å². The molecule has 0 fully saturated rings. The second-order valence-corrected chi connectivity index (χ2v) is 7.51. The second-order valence-electron chi connectivity index (χ2n) is 4.91. The van der Waals surface area contributed by atoms with Crippen LogP contribution in [0, 0.1) is 0 Å². The standard InChI is InChI=1S/C16H18BrNO4S/c1-11(12-4-6-13(17)7-5-12)18-23(19,20)16-10-14(21-2)8-9-15(16)22-3/h4-11,18H,1-3H3/t11-/m0/s1. The number of nitrogens with one attached hydrogen (secondary N) is 1. The zero-order valence-corrected chi connectivity index (χ0v) is 15.4. The first-order chi connectivity index (χ1) is 10.9. The summed E-state index contributed by atoms with van der Waals surface area (Å²) < 4.78 is 39.2. The van der Waals surface area contributed by atoms with E-state index in [4.69, 9.17) is 9.47 Å². The van der Waals surface area contributed by atoms with Crippen molar-refractivity contribution < 1.29 is 17.9 Å². The minimum Gasteiger partial charge on any atom is -0.497 e. The molecule has 7 heteroatoms. The van der Waals surface area contributed by atoms with Crippen LogP contribution in [0.4, 0.5) is 0 Å². The van der Waals surface area contributed by atoms with Crippen LogP contribution in [-0.2, 0) is 10.0 Å². The molecule has 0 radical (unpaired) electrons. The van der Waals surface area contributed by atoms with Crippen LogP contribution < -0.4 is 14.2 Å². The van der Waals surface area contributed by atoms with E-state index in [0.717, 1.165) is 10.0 Å². The zero-order valence-electron chi connectivity index (χ0n) is 13.0. The fourth-order valence-corrected chi connectivity index (χ4v) is 3.79. The van der Waals surface area contributed by atoms with Crippen LogP contribution in [0.2, 0.25) is 0 Å². The monoisotopic (exact) mass is 399 g/mol. The van der Waals surface area contributed by atoms with E-state index in [0.29, 0.717) is 5.75 Å². The van der Waals surface area contributed by atoms with Crippen molar-refractivity contribution in [1.29, 1.82) is 0 Å². The molecule has 1 atom stereocenters. The van der Waals surface area contributed by atoms with E-state index < -0.39 is 10.0 Å². The van der Waals surface area contributed by atoms with Gasteiger partial charge in [0.05, 0.1) is 14.2 Å². The van der Waals surface area contributed by atoms with E-state index in [9.17, 15) is 8.42 Å². The van der Waals surface area contributed by atoms with Crippen molar-refractivity contribution in [3.63, 3.8) is 0 Å². The second kappa shape index (κ2) is 7.33. The molecule has 0 spiro atoms. The van der Waals surface area contributed by atoms with Crippen LogP contribution in [0.25, 0.3) is 0 Å². The summed E-state index contributed by atoms with van der Waals surface area (Å²) in [4.78, 5) is 0.0447. The Morgan fingerprint density at radius 3 is 2.26 bits per heavy atom. The first-order valence-corrected chi connectivity index (χ1v) is 9.15. The molecule has 0 heterocycles. The van der Waals surface area contributed by atoms with Crippen LogP contribution in [0.15, 0.2) is 51.8 Å². The molecule has 0 amide bonds. The third-order valence-electron chi connectivity index (χ3n) is 3.36. The van der Waals surface area contributed by atoms with E-state index >= 15 is 0 Å². The van der Waals surface area contributed by atoms with Crippen LogP contribution >= 0.6 is 15.9 Å². The van der Waals surface area contributed by atoms with Gasteiger partial charge in [-0.25, -0.2) is 13.1 Å². The fraction of sp³-hybridized carbons (Fsp3) is 0.250. The Balaban J connectivity index is 2.33. The maximum atomic E-state index is 12.7. The number of hydrogen-bond donors (Lipinski definition) is 1. The molecule has 0 saturated carbocycles. The van der Waals surface area contributed by atoms with Crippen LogP contribution in [0.5, 0.6) is 11.5 Å². The van der Waals surface area contributed by atoms with Gasteiger partial charge in [0, 0.05) is 16.6 Å². The number of methoxy groups -OCH3 is 2. The number of benzene rings is 2. The molecule has 2 aromatic rings. The van der Waals surface area contributed by atoms with Crippen molar-refractivity contribution in [1.82, 2.24) is 4.72 Å². The Hall–Kier alpha value is -1.57. The highest BCUT2D eigenvalue weighted by atomic mass is 79.9. The van der Waals surface area contributed by atoms with Gasteiger partial charge in [-0.1, -0.05) is 28.1 Å². The van der Waals surface area contributed by atoms with E-state index in [1.54, 1.807) is 19.1 Å². The molecule has 0 saturated heterocycles. The van der Waals surface area contributed by atoms with Gasteiger partial charge in [-0.05, 0) is 36.8 Å². The lowest BCUT2D eigenvalue weighted by molar-refractivity contribution is 0.391. The first-order valence-electron chi connectivity index (χ1n) is 6.87. The third-order valence-corrected chi connectivity index (χ3v) is 5.45. The molecule has 0 aliphatic carbocycles. The quantitative estimate of drug-likeness (QED) is 0.806. The van der Waals surface area contributed by atoms with Crippen molar-refractivity contribution >= 4 is 26.0 Å². The SMILES string of the molecule is COc1ccc(OC)c(S(=O)(=O)N[C@@H](C)c2ccc(Br)cc2)c1. The fourth-order valence-electron chi connectivity index (χ4n) is 2.11. The average Bonchev–Trinajstić information content (AvgIpc) is 2.54. The van der Waals surface area contributed by atoms with Gasteiger partial charge in [-0.3, -0.25) is 0 Å². The van der Waals surface area contributed by atoms with Crippen LogP contribution in [0.1, 0.15) is 18.5 Å². The predicted molar refractivity (Wildman–Crippen MR) is 92.4 cm³/mol. The number of hydrogen-bond acceptors (Lipinski definition) is 4. The van der Waals surface area contributed by atoms with Crippen molar-refractivity contribution in [2.75, 3.05) is 14.2 Å². The topological polar surface area (TPSA) is 64.6 Å². The molecule has 1 N–H and O–H groups in total. The van der Waals surface area contributed by atoms with Crippen molar-refractivity contribution in [3.8, 4) is 11.5 Å².